The van der Waals surface area contributed by atoms with Gasteiger partial charge in [-0.15, -0.1) is 0 Å². The Balaban J connectivity index is 1.35. The van der Waals surface area contributed by atoms with Crippen molar-refractivity contribution in [3.05, 3.63) is 126 Å². The maximum absolute atomic E-state index is 6.10. The second-order valence-corrected chi connectivity index (χ2v) is 10.5. The van der Waals surface area contributed by atoms with Crippen LogP contribution in [0.5, 0.6) is 0 Å². The van der Waals surface area contributed by atoms with Gasteiger partial charge in [-0.05, 0) is 65.1 Å². The second-order valence-electron chi connectivity index (χ2n) is 10.5. The third-order valence-electron chi connectivity index (χ3n) is 6.66. The molecule has 6 aromatic rings. The van der Waals surface area contributed by atoms with Crippen LogP contribution >= 0.6 is 0 Å². The molecule has 0 aliphatic heterocycles. The van der Waals surface area contributed by atoms with E-state index in [0.717, 1.165) is 44.9 Å². The summed E-state index contributed by atoms with van der Waals surface area (Å²) in [5, 5.41) is 4.93. The molecule has 0 N–H and O–H groups in total. The van der Waals surface area contributed by atoms with E-state index in [2.05, 4.69) is 87.5 Å². The molecule has 38 heavy (non-hydrogen) atoms. The molecule has 0 atom stereocenters. The largest absolute Gasteiger partial charge is 0.436 e. The van der Waals surface area contributed by atoms with E-state index >= 15 is 0 Å². The third kappa shape index (κ3) is 4.81. The third-order valence-corrected chi connectivity index (χ3v) is 6.66. The highest BCUT2D eigenvalue weighted by Gasteiger charge is 2.17. The van der Waals surface area contributed by atoms with Crippen molar-refractivity contribution in [1.82, 2.24) is 14.8 Å². The van der Waals surface area contributed by atoms with E-state index in [1.54, 1.807) is 0 Å². The fourth-order valence-electron chi connectivity index (χ4n) is 4.50. The van der Waals surface area contributed by atoms with Crippen molar-refractivity contribution in [1.29, 1.82) is 0 Å². The van der Waals surface area contributed by atoms with Gasteiger partial charge in [-0.25, -0.2) is 9.67 Å². The van der Waals surface area contributed by atoms with Gasteiger partial charge in [0, 0.05) is 11.1 Å². The van der Waals surface area contributed by atoms with E-state index < -0.39 is 0 Å². The first-order valence-electron chi connectivity index (χ1n) is 12.8. The molecule has 0 aliphatic rings. The lowest BCUT2D eigenvalue weighted by molar-refractivity contribution is 0.590. The lowest BCUT2D eigenvalue weighted by Crippen LogP contribution is -2.10. The Labute approximate surface area is 222 Å². The molecule has 2 aromatic heterocycles. The van der Waals surface area contributed by atoms with Crippen LogP contribution in [0.1, 0.15) is 37.6 Å². The van der Waals surface area contributed by atoms with Gasteiger partial charge in [-0.2, -0.15) is 5.10 Å². The molecular weight excluding hydrogens is 466 g/mol. The van der Waals surface area contributed by atoms with Crippen molar-refractivity contribution in [3.8, 4) is 28.4 Å². The van der Waals surface area contributed by atoms with Gasteiger partial charge in [-0.3, -0.25) is 0 Å². The van der Waals surface area contributed by atoms with Crippen LogP contribution in [0.4, 0.5) is 0 Å². The highest BCUT2D eigenvalue weighted by molar-refractivity contribution is 5.77. The average molecular weight is 496 g/mol. The number of benzene rings is 4. The first kappa shape index (κ1) is 23.7. The maximum atomic E-state index is 6.10. The molecule has 0 aliphatic carbocycles. The van der Waals surface area contributed by atoms with Gasteiger partial charge in [0.25, 0.3) is 0 Å². The summed E-state index contributed by atoms with van der Waals surface area (Å²) in [5.41, 5.74) is 9.05. The van der Waals surface area contributed by atoms with E-state index in [1.807, 2.05) is 59.3 Å². The maximum Gasteiger partial charge on any atom is 0.227 e. The van der Waals surface area contributed by atoms with E-state index in [-0.39, 0.29) is 5.41 Å². The Morgan fingerprint density at radius 3 is 2.13 bits per heavy atom. The Hall–Kier alpha value is -4.70. The summed E-state index contributed by atoms with van der Waals surface area (Å²) >= 11 is 0. The number of aromatic nitrogens is 3. The topological polar surface area (TPSA) is 43.9 Å². The normalized spacial score (nSPS) is 12.0. The molecule has 6 rings (SSSR count). The zero-order chi connectivity index (χ0) is 26.1. The second kappa shape index (κ2) is 9.64. The van der Waals surface area contributed by atoms with Gasteiger partial charge in [0.15, 0.2) is 5.58 Å². The summed E-state index contributed by atoms with van der Waals surface area (Å²) in [7, 11) is 0. The van der Waals surface area contributed by atoms with Crippen LogP contribution in [-0.2, 0) is 5.41 Å². The number of nitrogens with zero attached hydrogens (tertiary/aromatic N) is 3. The standard InChI is InChI=1S/C34H29N3O/c1-34(2,3)27-17-21-32-30(22-27)35-33(38-32)26-15-19-29(20-16-26)37-31(25-12-8-5-9-13-25)23-28(36-37)18-14-24-10-6-4-7-11-24/h4-23H,1-3H3. The van der Waals surface area contributed by atoms with E-state index in [1.165, 1.54) is 5.56 Å². The fourth-order valence-corrected chi connectivity index (χ4v) is 4.50. The van der Waals surface area contributed by atoms with E-state index in [0.29, 0.717) is 5.89 Å². The van der Waals surface area contributed by atoms with Crippen LogP contribution in [0, 0.1) is 0 Å². The van der Waals surface area contributed by atoms with Gasteiger partial charge in [0.2, 0.25) is 5.89 Å². The van der Waals surface area contributed by atoms with Crippen molar-refractivity contribution >= 4 is 23.3 Å². The molecule has 2 heterocycles. The Bertz CT molecular complexity index is 1720. The van der Waals surface area contributed by atoms with Gasteiger partial charge in [-0.1, -0.05) is 93.6 Å². The molecule has 0 fully saturated rings. The minimum absolute atomic E-state index is 0.0598. The molecule has 0 amide bonds. The molecule has 0 saturated carbocycles. The molecule has 0 saturated heterocycles. The Morgan fingerprint density at radius 2 is 1.42 bits per heavy atom. The smallest absolute Gasteiger partial charge is 0.227 e. The number of oxazole rings is 1. The molecule has 186 valence electrons. The lowest BCUT2D eigenvalue weighted by Gasteiger charge is -2.18. The van der Waals surface area contributed by atoms with Gasteiger partial charge in [0.1, 0.15) is 5.52 Å². The van der Waals surface area contributed by atoms with Crippen molar-refractivity contribution in [2.24, 2.45) is 0 Å². The summed E-state index contributed by atoms with van der Waals surface area (Å²) in [6.07, 6.45) is 4.14. The van der Waals surface area contributed by atoms with E-state index in [4.69, 9.17) is 14.5 Å². The lowest BCUT2D eigenvalue weighted by atomic mass is 9.87. The molecular formula is C34H29N3O. The van der Waals surface area contributed by atoms with Crippen LogP contribution in [0.25, 0.3) is 51.7 Å². The molecule has 4 nitrogen and oxygen atoms in total. The first-order chi connectivity index (χ1) is 18.4. The first-order valence-corrected chi connectivity index (χ1v) is 12.8. The zero-order valence-electron chi connectivity index (χ0n) is 21.8. The van der Waals surface area contributed by atoms with Crippen LogP contribution in [-0.4, -0.2) is 14.8 Å². The molecule has 0 radical (unpaired) electrons. The van der Waals surface area contributed by atoms with Gasteiger partial charge in [0.05, 0.1) is 17.1 Å². The Kier molecular flexibility index (Phi) is 6.01. The van der Waals surface area contributed by atoms with Gasteiger partial charge >= 0.3 is 0 Å². The highest BCUT2D eigenvalue weighted by Crippen LogP contribution is 2.30. The van der Waals surface area contributed by atoms with Crippen LogP contribution in [0.3, 0.4) is 0 Å². The predicted molar refractivity (Wildman–Crippen MR) is 156 cm³/mol. The van der Waals surface area contributed by atoms with Crippen LogP contribution in [0.2, 0.25) is 0 Å². The van der Waals surface area contributed by atoms with E-state index in [9.17, 15) is 0 Å². The summed E-state index contributed by atoms with van der Waals surface area (Å²) in [5.74, 6) is 0.618. The summed E-state index contributed by atoms with van der Waals surface area (Å²) in [6.45, 7) is 6.61. The number of rotatable bonds is 5. The monoisotopic (exact) mass is 495 g/mol. The zero-order valence-corrected chi connectivity index (χ0v) is 21.8. The van der Waals surface area contributed by atoms with Crippen molar-refractivity contribution in [2.75, 3.05) is 0 Å². The SMILES string of the molecule is CC(C)(C)c1ccc2oc(-c3ccc(-n4nc(C=Cc5ccccc5)cc4-c4ccccc4)cc3)nc2c1. The molecule has 0 unspecified atom stereocenters. The molecule has 0 spiro atoms. The quantitative estimate of drug-likeness (QED) is 0.240. The molecule has 4 heteroatoms. The average Bonchev–Trinajstić information content (AvgIpc) is 3.57. The summed E-state index contributed by atoms with van der Waals surface area (Å²) in [6, 6.07) is 37.2. The number of fused-ring (bicyclic) bond motifs is 1. The molecule has 0 bridgehead atoms. The number of hydrogen-bond donors (Lipinski definition) is 0. The minimum atomic E-state index is 0.0598. The van der Waals surface area contributed by atoms with Crippen molar-refractivity contribution in [2.45, 2.75) is 26.2 Å². The number of hydrogen-bond acceptors (Lipinski definition) is 3. The van der Waals surface area contributed by atoms with Crippen molar-refractivity contribution in [3.63, 3.8) is 0 Å². The highest BCUT2D eigenvalue weighted by atomic mass is 16.3. The van der Waals surface area contributed by atoms with Crippen LogP contribution < -0.4 is 0 Å². The Morgan fingerprint density at radius 1 is 0.711 bits per heavy atom. The van der Waals surface area contributed by atoms with Gasteiger partial charge < -0.3 is 4.42 Å². The summed E-state index contributed by atoms with van der Waals surface area (Å²) < 4.78 is 8.09. The van der Waals surface area contributed by atoms with Crippen LogP contribution in [0.15, 0.2) is 114 Å². The van der Waals surface area contributed by atoms with Crippen molar-refractivity contribution < 1.29 is 4.42 Å². The summed E-state index contributed by atoms with van der Waals surface area (Å²) in [4.78, 5) is 4.78. The minimum Gasteiger partial charge on any atom is -0.436 e. The predicted octanol–water partition coefficient (Wildman–Crippen LogP) is 8.82. The fraction of sp³-hybridized carbons (Fsp3) is 0.118. The molecule has 4 aromatic carbocycles.